The van der Waals surface area contributed by atoms with E-state index in [1.807, 2.05) is 0 Å². The Morgan fingerprint density at radius 1 is 1.67 bits per heavy atom. The standard InChI is InChI=1S/C6H13ClN2O3/c7-1-4(5(10)2-8)3-12-6(9)11/h4-5,10H,1-3,8H2,(H2,9,11). The smallest absolute Gasteiger partial charge is 0.404 e. The number of halogens is 1. The van der Waals surface area contributed by atoms with Crippen molar-refractivity contribution in [3.05, 3.63) is 0 Å². The maximum atomic E-state index is 10.2. The van der Waals surface area contributed by atoms with E-state index in [1.54, 1.807) is 0 Å². The highest BCUT2D eigenvalue weighted by Gasteiger charge is 2.18. The second-order valence-corrected chi connectivity index (χ2v) is 2.66. The summed E-state index contributed by atoms with van der Waals surface area (Å²) in [6, 6.07) is 0. The van der Waals surface area contributed by atoms with Gasteiger partial charge in [0, 0.05) is 18.3 Å². The van der Waals surface area contributed by atoms with E-state index in [0.717, 1.165) is 0 Å². The molecule has 5 nitrogen and oxygen atoms in total. The van der Waals surface area contributed by atoms with Crippen molar-refractivity contribution in [3.63, 3.8) is 0 Å². The number of carbonyl (C=O) groups excluding carboxylic acids is 1. The molecule has 0 saturated heterocycles. The lowest BCUT2D eigenvalue weighted by molar-refractivity contribution is 0.0711. The van der Waals surface area contributed by atoms with Crippen molar-refractivity contribution in [2.45, 2.75) is 6.10 Å². The van der Waals surface area contributed by atoms with E-state index < -0.39 is 12.2 Å². The normalized spacial score (nSPS) is 15.2. The van der Waals surface area contributed by atoms with Crippen molar-refractivity contribution in [1.29, 1.82) is 0 Å². The predicted octanol–water partition coefficient (Wildman–Crippen LogP) is -0.744. The van der Waals surface area contributed by atoms with Crippen LogP contribution < -0.4 is 11.5 Å². The zero-order valence-electron chi connectivity index (χ0n) is 6.57. The van der Waals surface area contributed by atoms with Gasteiger partial charge in [0.1, 0.15) is 0 Å². The number of aliphatic hydroxyl groups is 1. The Morgan fingerprint density at radius 3 is 2.58 bits per heavy atom. The number of aliphatic hydroxyl groups excluding tert-OH is 1. The summed E-state index contributed by atoms with van der Waals surface area (Å²) in [5.41, 5.74) is 9.89. The first kappa shape index (κ1) is 11.5. The molecule has 72 valence electrons. The molecular formula is C6H13ClN2O3. The lowest BCUT2D eigenvalue weighted by Crippen LogP contribution is -2.34. The van der Waals surface area contributed by atoms with Gasteiger partial charge in [-0.3, -0.25) is 0 Å². The van der Waals surface area contributed by atoms with Gasteiger partial charge in [0.15, 0.2) is 0 Å². The molecule has 0 aromatic rings. The second-order valence-electron chi connectivity index (χ2n) is 2.35. The topological polar surface area (TPSA) is 98.6 Å². The Kier molecular flexibility index (Phi) is 5.79. The number of hydrogen-bond acceptors (Lipinski definition) is 4. The fourth-order valence-corrected chi connectivity index (χ4v) is 0.935. The fraction of sp³-hybridized carbons (Fsp3) is 0.833. The lowest BCUT2D eigenvalue weighted by atomic mass is 10.1. The van der Waals surface area contributed by atoms with Crippen molar-refractivity contribution >= 4 is 17.7 Å². The summed E-state index contributed by atoms with van der Waals surface area (Å²) in [4.78, 5) is 10.2. The lowest BCUT2D eigenvalue weighted by Gasteiger charge is -2.17. The van der Waals surface area contributed by atoms with Gasteiger partial charge >= 0.3 is 6.09 Å². The molecule has 5 N–H and O–H groups in total. The number of primary amides is 1. The first-order chi connectivity index (χ1) is 5.61. The van der Waals surface area contributed by atoms with Gasteiger partial charge in [0.25, 0.3) is 0 Å². The SMILES string of the molecule is NCC(O)C(CCl)COC(N)=O. The number of ether oxygens (including phenoxy) is 1. The van der Waals surface area contributed by atoms with Crippen LogP contribution in [0.4, 0.5) is 4.79 Å². The van der Waals surface area contributed by atoms with Crippen LogP contribution in [0.1, 0.15) is 0 Å². The maximum absolute atomic E-state index is 10.2. The molecule has 0 spiro atoms. The van der Waals surface area contributed by atoms with Crippen LogP contribution in [-0.2, 0) is 4.74 Å². The average Bonchev–Trinajstić information content (AvgIpc) is 2.04. The number of carbonyl (C=O) groups is 1. The van der Waals surface area contributed by atoms with Crippen LogP contribution in [0.5, 0.6) is 0 Å². The van der Waals surface area contributed by atoms with Crippen LogP contribution in [0.2, 0.25) is 0 Å². The molecule has 0 heterocycles. The second kappa shape index (κ2) is 6.05. The van der Waals surface area contributed by atoms with Crippen LogP contribution in [0.3, 0.4) is 0 Å². The highest BCUT2D eigenvalue weighted by Crippen LogP contribution is 2.06. The van der Waals surface area contributed by atoms with Crippen LogP contribution in [0.15, 0.2) is 0 Å². The Balaban J connectivity index is 3.74. The summed E-state index contributed by atoms with van der Waals surface area (Å²) in [5, 5.41) is 9.19. The number of nitrogens with two attached hydrogens (primary N) is 2. The zero-order chi connectivity index (χ0) is 9.56. The van der Waals surface area contributed by atoms with Gasteiger partial charge in [-0.1, -0.05) is 0 Å². The molecule has 0 radical (unpaired) electrons. The molecule has 0 aliphatic carbocycles. The maximum Gasteiger partial charge on any atom is 0.404 e. The van der Waals surface area contributed by atoms with E-state index in [1.165, 1.54) is 0 Å². The molecule has 12 heavy (non-hydrogen) atoms. The summed E-state index contributed by atoms with van der Waals surface area (Å²) in [6.07, 6.45) is -1.64. The van der Waals surface area contributed by atoms with Gasteiger partial charge in [-0.15, -0.1) is 11.6 Å². The molecule has 0 fully saturated rings. The molecule has 0 aliphatic rings. The molecule has 1 amide bonds. The van der Waals surface area contributed by atoms with E-state index in [9.17, 15) is 9.90 Å². The first-order valence-corrected chi connectivity index (χ1v) is 4.01. The van der Waals surface area contributed by atoms with E-state index in [0.29, 0.717) is 0 Å². The van der Waals surface area contributed by atoms with Crippen LogP contribution in [0, 0.1) is 5.92 Å². The van der Waals surface area contributed by atoms with E-state index >= 15 is 0 Å². The van der Waals surface area contributed by atoms with Gasteiger partial charge in [-0.2, -0.15) is 0 Å². The Labute approximate surface area is 75.6 Å². The molecule has 0 bridgehead atoms. The summed E-state index contributed by atoms with van der Waals surface area (Å²) in [6.45, 7) is 0.0801. The average molecular weight is 197 g/mol. The highest BCUT2D eigenvalue weighted by atomic mass is 35.5. The minimum absolute atomic E-state index is 0.00278. The van der Waals surface area contributed by atoms with Crippen LogP contribution >= 0.6 is 11.6 Å². The van der Waals surface area contributed by atoms with Crippen molar-refractivity contribution in [2.24, 2.45) is 17.4 Å². The molecule has 6 heteroatoms. The first-order valence-electron chi connectivity index (χ1n) is 3.48. The molecule has 2 unspecified atom stereocenters. The minimum atomic E-state index is -0.880. The van der Waals surface area contributed by atoms with Gasteiger partial charge in [0.2, 0.25) is 0 Å². The van der Waals surface area contributed by atoms with E-state index in [2.05, 4.69) is 4.74 Å². The van der Waals surface area contributed by atoms with Crippen LogP contribution in [-0.4, -0.2) is 36.3 Å². The van der Waals surface area contributed by atoms with E-state index in [-0.39, 0.29) is 24.9 Å². The quantitative estimate of drug-likeness (QED) is 0.504. The third-order valence-corrected chi connectivity index (χ3v) is 1.82. The van der Waals surface area contributed by atoms with Crippen molar-refractivity contribution < 1.29 is 14.6 Å². The van der Waals surface area contributed by atoms with Crippen molar-refractivity contribution in [2.75, 3.05) is 19.0 Å². The van der Waals surface area contributed by atoms with Gasteiger partial charge in [-0.25, -0.2) is 4.79 Å². The Bertz CT molecular complexity index is 145. The van der Waals surface area contributed by atoms with Gasteiger partial charge in [0.05, 0.1) is 12.7 Å². The molecule has 0 saturated carbocycles. The number of hydrogen-bond donors (Lipinski definition) is 3. The molecule has 0 rings (SSSR count). The Morgan fingerprint density at radius 2 is 2.25 bits per heavy atom. The molecule has 0 aromatic heterocycles. The molecule has 0 aromatic carbocycles. The number of alkyl halides is 1. The summed E-state index contributed by atoms with van der Waals surface area (Å²) in [7, 11) is 0. The van der Waals surface area contributed by atoms with Crippen LogP contribution in [0.25, 0.3) is 0 Å². The fourth-order valence-electron chi connectivity index (χ4n) is 0.640. The van der Waals surface area contributed by atoms with Gasteiger partial charge in [-0.05, 0) is 0 Å². The Hall–Kier alpha value is -0.520. The number of rotatable bonds is 5. The molecule has 2 atom stereocenters. The number of amides is 1. The predicted molar refractivity (Wildman–Crippen MR) is 44.8 cm³/mol. The monoisotopic (exact) mass is 196 g/mol. The third kappa shape index (κ3) is 4.38. The van der Waals surface area contributed by atoms with Crippen molar-refractivity contribution in [3.8, 4) is 0 Å². The van der Waals surface area contributed by atoms with Gasteiger partial charge < -0.3 is 21.3 Å². The third-order valence-electron chi connectivity index (χ3n) is 1.42. The largest absolute Gasteiger partial charge is 0.449 e. The summed E-state index contributed by atoms with van der Waals surface area (Å²) < 4.78 is 4.46. The minimum Gasteiger partial charge on any atom is -0.449 e. The highest BCUT2D eigenvalue weighted by molar-refractivity contribution is 6.18. The molecular weight excluding hydrogens is 184 g/mol. The zero-order valence-corrected chi connectivity index (χ0v) is 7.33. The van der Waals surface area contributed by atoms with E-state index in [4.69, 9.17) is 23.1 Å². The molecule has 0 aliphatic heterocycles. The van der Waals surface area contributed by atoms with Crippen molar-refractivity contribution in [1.82, 2.24) is 0 Å². The summed E-state index contributed by atoms with van der Waals surface area (Å²) in [5.74, 6) is -0.185. The summed E-state index contributed by atoms with van der Waals surface area (Å²) >= 11 is 5.48.